The number of anilines is 1. The summed E-state index contributed by atoms with van der Waals surface area (Å²) in [6, 6.07) is 12.6. The van der Waals surface area contributed by atoms with Crippen LogP contribution in [0.5, 0.6) is 11.5 Å². The molecule has 1 atom stereocenters. The summed E-state index contributed by atoms with van der Waals surface area (Å²) >= 11 is 0.796. The Bertz CT molecular complexity index is 1050. The van der Waals surface area contributed by atoms with Gasteiger partial charge in [-0.1, -0.05) is 36.8 Å². The molecule has 168 valence electrons. The molecule has 1 aliphatic rings. The minimum atomic E-state index is -0.517. The van der Waals surface area contributed by atoms with Crippen LogP contribution >= 0.6 is 11.8 Å². The highest BCUT2D eigenvalue weighted by Gasteiger charge is 2.36. The number of hydrogen-bond acceptors (Lipinski definition) is 6. The van der Waals surface area contributed by atoms with E-state index in [1.165, 1.54) is 0 Å². The van der Waals surface area contributed by atoms with Gasteiger partial charge in [0.2, 0.25) is 5.91 Å². The number of imide groups is 1. The Morgan fingerprint density at radius 1 is 1.19 bits per heavy atom. The topological polar surface area (TPSA) is 84.9 Å². The molecular formula is C24H26N2O5S. The molecular weight excluding hydrogens is 428 g/mol. The van der Waals surface area contributed by atoms with Crippen molar-refractivity contribution in [1.82, 2.24) is 4.90 Å². The van der Waals surface area contributed by atoms with Gasteiger partial charge < -0.3 is 14.8 Å². The number of carbonyl (C=O) groups excluding carboxylic acids is 3. The van der Waals surface area contributed by atoms with Gasteiger partial charge in [-0.15, -0.1) is 0 Å². The van der Waals surface area contributed by atoms with Crippen LogP contribution in [0.3, 0.4) is 0 Å². The number of nitrogens with one attached hydrogen (secondary N) is 1. The Morgan fingerprint density at radius 2 is 1.91 bits per heavy atom. The largest absolute Gasteiger partial charge is 0.493 e. The predicted octanol–water partition coefficient (Wildman–Crippen LogP) is 4.86. The third-order valence-corrected chi connectivity index (χ3v) is 5.83. The van der Waals surface area contributed by atoms with Crippen LogP contribution in [0.1, 0.15) is 31.4 Å². The van der Waals surface area contributed by atoms with Crippen molar-refractivity contribution >= 4 is 40.6 Å². The van der Waals surface area contributed by atoms with Crippen molar-refractivity contribution in [2.24, 2.45) is 0 Å². The molecule has 0 aliphatic carbocycles. The first-order valence-electron chi connectivity index (χ1n) is 10.3. The number of amides is 3. The maximum absolute atomic E-state index is 12.9. The lowest BCUT2D eigenvalue weighted by Crippen LogP contribution is -2.36. The fraction of sp³-hybridized carbons (Fsp3) is 0.292. The highest BCUT2D eigenvalue weighted by Crippen LogP contribution is 2.38. The van der Waals surface area contributed by atoms with Crippen LogP contribution in [0.15, 0.2) is 47.4 Å². The molecule has 0 spiro atoms. The fourth-order valence-corrected chi connectivity index (χ4v) is 3.81. The molecule has 3 rings (SSSR count). The minimum Gasteiger partial charge on any atom is -0.493 e. The number of benzene rings is 2. The zero-order chi connectivity index (χ0) is 23.3. The van der Waals surface area contributed by atoms with E-state index in [2.05, 4.69) is 5.32 Å². The summed E-state index contributed by atoms with van der Waals surface area (Å²) in [5, 5.41) is 2.21. The number of methoxy groups -OCH3 is 1. The van der Waals surface area contributed by atoms with E-state index >= 15 is 0 Å². The summed E-state index contributed by atoms with van der Waals surface area (Å²) in [4.78, 5) is 38.8. The van der Waals surface area contributed by atoms with Crippen molar-refractivity contribution in [2.75, 3.05) is 19.0 Å². The molecule has 0 saturated carbocycles. The molecule has 0 bridgehead atoms. The Kier molecular flexibility index (Phi) is 7.58. The van der Waals surface area contributed by atoms with Gasteiger partial charge in [0.1, 0.15) is 6.54 Å². The molecule has 1 heterocycles. The van der Waals surface area contributed by atoms with E-state index in [1.54, 1.807) is 43.5 Å². The van der Waals surface area contributed by atoms with Gasteiger partial charge in [-0.3, -0.25) is 19.3 Å². The lowest BCUT2D eigenvalue weighted by molar-refractivity contribution is -0.127. The molecule has 8 heteroatoms. The highest BCUT2D eigenvalue weighted by molar-refractivity contribution is 8.18. The van der Waals surface area contributed by atoms with Crippen LogP contribution in [0.25, 0.3) is 6.08 Å². The SMILES string of the molecule is CC[C@@H](C)Oc1c(/C=C2\SC(=O)N(CC(=O)Nc3ccc(C)cc3)C2=O)cccc1OC. The molecule has 3 amide bonds. The Labute approximate surface area is 191 Å². The van der Waals surface area contributed by atoms with Gasteiger partial charge in [-0.05, 0) is 56.3 Å². The number of hydrogen-bond donors (Lipinski definition) is 1. The third-order valence-electron chi connectivity index (χ3n) is 4.92. The lowest BCUT2D eigenvalue weighted by atomic mass is 10.1. The van der Waals surface area contributed by atoms with Crippen molar-refractivity contribution in [3.63, 3.8) is 0 Å². The summed E-state index contributed by atoms with van der Waals surface area (Å²) in [7, 11) is 1.54. The van der Waals surface area contributed by atoms with Crippen molar-refractivity contribution in [3.8, 4) is 11.5 Å². The zero-order valence-electron chi connectivity index (χ0n) is 18.5. The maximum Gasteiger partial charge on any atom is 0.294 e. The van der Waals surface area contributed by atoms with E-state index in [0.29, 0.717) is 22.7 Å². The summed E-state index contributed by atoms with van der Waals surface area (Å²) in [6.07, 6.45) is 2.34. The van der Waals surface area contributed by atoms with Gasteiger partial charge in [0.25, 0.3) is 11.1 Å². The zero-order valence-corrected chi connectivity index (χ0v) is 19.3. The molecule has 7 nitrogen and oxygen atoms in total. The molecule has 0 radical (unpaired) electrons. The Balaban J connectivity index is 1.78. The molecule has 1 saturated heterocycles. The maximum atomic E-state index is 12.9. The first kappa shape index (κ1) is 23.4. The fourth-order valence-electron chi connectivity index (χ4n) is 2.98. The molecule has 1 fully saturated rings. The van der Waals surface area contributed by atoms with E-state index in [0.717, 1.165) is 28.6 Å². The quantitative estimate of drug-likeness (QED) is 0.574. The highest BCUT2D eigenvalue weighted by atomic mass is 32.2. The number of para-hydroxylation sites is 1. The number of thioether (sulfide) groups is 1. The first-order chi connectivity index (χ1) is 15.3. The van der Waals surface area contributed by atoms with E-state index in [4.69, 9.17) is 9.47 Å². The van der Waals surface area contributed by atoms with Crippen LogP contribution in [0, 0.1) is 6.92 Å². The standard InChI is InChI=1S/C24H26N2O5S/c1-5-16(3)31-22-17(7-6-8-19(22)30-4)13-20-23(28)26(24(29)32-20)14-21(27)25-18-11-9-15(2)10-12-18/h6-13,16H,5,14H2,1-4H3,(H,25,27)/b20-13-/t16-/m1/s1. The number of aryl methyl sites for hydroxylation is 1. The summed E-state index contributed by atoms with van der Waals surface area (Å²) in [5.74, 6) is 0.0833. The van der Waals surface area contributed by atoms with Crippen LogP contribution in [0.4, 0.5) is 10.5 Å². The molecule has 1 aliphatic heterocycles. The van der Waals surface area contributed by atoms with Crippen LogP contribution in [0.2, 0.25) is 0 Å². The minimum absolute atomic E-state index is 0.0565. The van der Waals surface area contributed by atoms with Gasteiger partial charge in [0, 0.05) is 11.3 Å². The summed E-state index contributed by atoms with van der Waals surface area (Å²) < 4.78 is 11.4. The second-order valence-corrected chi connectivity index (χ2v) is 8.39. The van der Waals surface area contributed by atoms with Crippen LogP contribution in [-0.2, 0) is 9.59 Å². The van der Waals surface area contributed by atoms with E-state index in [9.17, 15) is 14.4 Å². The molecule has 32 heavy (non-hydrogen) atoms. The number of rotatable bonds is 8. The van der Waals surface area contributed by atoms with Crippen LogP contribution in [-0.4, -0.2) is 41.7 Å². The molecule has 1 N–H and O–H groups in total. The molecule has 2 aromatic rings. The van der Waals surface area contributed by atoms with Crippen molar-refractivity contribution < 1.29 is 23.9 Å². The van der Waals surface area contributed by atoms with E-state index < -0.39 is 17.1 Å². The normalized spacial score (nSPS) is 15.8. The second kappa shape index (κ2) is 10.4. The lowest BCUT2D eigenvalue weighted by Gasteiger charge is -2.17. The van der Waals surface area contributed by atoms with E-state index in [1.807, 2.05) is 32.9 Å². The average Bonchev–Trinajstić information content (AvgIpc) is 3.03. The Morgan fingerprint density at radius 3 is 2.56 bits per heavy atom. The monoisotopic (exact) mass is 454 g/mol. The molecule has 0 aromatic heterocycles. The summed E-state index contributed by atoms with van der Waals surface area (Å²) in [5.41, 5.74) is 2.29. The molecule has 2 aromatic carbocycles. The average molecular weight is 455 g/mol. The number of ether oxygens (including phenoxy) is 2. The predicted molar refractivity (Wildman–Crippen MR) is 126 cm³/mol. The number of nitrogens with zero attached hydrogens (tertiary/aromatic N) is 1. The van der Waals surface area contributed by atoms with E-state index in [-0.39, 0.29) is 17.6 Å². The summed E-state index contributed by atoms with van der Waals surface area (Å²) in [6.45, 7) is 5.54. The Hall–Kier alpha value is -3.26. The van der Waals surface area contributed by atoms with Gasteiger partial charge in [-0.25, -0.2) is 0 Å². The van der Waals surface area contributed by atoms with Crippen molar-refractivity contribution in [3.05, 3.63) is 58.5 Å². The van der Waals surface area contributed by atoms with Gasteiger partial charge in [-0.2, -0.15) is 0 Å². The van der Waals surface area contributed by atoms with Gasteiger partial charge in [0.15, 0.2) is 11.5 Å². The second-order valence-electron chi connectivity index (χ2n) is 7.40. The smallest absolute Gasteiger partial charge is 0.294 e. The van der Waals surface area contributed by atoms with Gasteiger partial charge >= 0.3 is 0 Å². The first-order valence-corrected chi connectivity index (χ1v) is 11.1. The molecule has 0 unspecified atom stereocenters. The van der Waals surface area contributed by atoms with Crippen molar-refractivity contribution in [1.29, 1.82) is 0 Å². The number of carbonyl (C=O) groups is 3. The van der Waals surface area contributed by atoms with Crippen LogP contribution < -0.4 is 14.8 Å². The van der Waals surface area contributed by atoms with Gasteiger partial charge in [0.05, 0.1) is 18.1 Å². The van der Waals surface area contributed by atoms with Crippen molar-refractivity contribution in [2.45, 2.75) is 33.3 Å². The third kappa shape index (κ3) is 5.50.